The molecule has 0 heterocycles. The van der Waals surface area contributed by atoms with E-state index in [1.54, 1.807) is 0 Å². The van der Waals surface area contributed by atoms with Crippen LogP contribution in [-0.4, -0.2) is 18.9 Å². The summed E-state index contributed by atoms with van der Waals surface area (Å²) in [4.78, 5) is 22.2. The third-order valence-electron chi connectivity index (χ3n) is 2.41. The first-order valence-electron chi connectivity index (χ1n) is 4.94. The summed E-state index contributed by atoms with van der Waals surface area (Å²) in [5, 5.41) is 0. The summed E-state index contributed by atoms with van der Waals surface area (Å²) in [5.74, 6) is 0.405. The summed E-state index contributed by atoms with van der Waals surface area (Å²) < 4.78 is 4.52. The molecule has 0 radical (unpaired) electrons. The molecule has 1 rings (SSSR count). The van der Waals surface area contributed by atoms with Gasteiger partial charge in [-0.2, -0.15) is 0 Å². The number of carbonyl (C=O) groups excluding carboxylic acids is 2. The van der Waals surface area contributed by atoms with Crippen molar-refractivity contribution < 1.29 is 14.3 Å². The Morgan fingerprint density at radius 3 is 2.86 bits per heavy atom. The molecule has 0 saturated carbocycles. The number of hydrogen-bond acceptors (Lipinski definition) is 3. The number of methoxy groups -OCH3 is 1. The second kappa shape index (κ2) is 4.94. The van der Waals surface area contributed by atoms with Crippen LogP contribution >= 0.6 is 0 Å². The molecule has 1 aliphatic rings. The molecule has 0 N–H and O–H groups in total. The molecule has 1 aliphatic carbocycles. The minimum absolute atomic E-state index is 0.205. The number of hydrogen-bond donors (Lipinski definition) is 0. The summed E-state index contributed by atoms with van der Waals surface area (Å²) in [6.45, 7) is 2.03. The van der Waals surface area contributed by atoms with Gasteiger partial charge in [-0.05, 0) is 24.3 Å². The van der Waals surface area contributed by atoms with E-state index in [1.807, 2.05) is 13.0 Å². The minimum atomic E-state index is -0.205. The topological polar surface area (TPSA) is 43.4 Å². The summed E-state index contributed by atoms with van der Waals surface area (Å²) >= 11 is 0. The van der Waals surface area contributed by atoms with Crippen molar-refractivity contribution in [1.82, 2.24) is 0 Å². The van der Waals surface area contributed by atoms with Gasteiger partial charge in [0.2, 0.25) is 0 Å². The van der Waals surface area contributed by atoms with E-state index in [0.29, 0.717) is 31.6 Å². The second-order valence-corrected chi connectivity index (χ2v) is 3.73. The predicted octanol–water partition coefficient (Wildman–Crippen LogP) is 1.86. The van der Waals surface area contributed by atoms with E-state index in [2.05, 4.69) is 4.74 Å². The van der Waals surface area contributed by atoms with E-state index in [9.17, 15) is 9.59 Å². The Kier molecular flexibility index (Phi) is 3.86. The number of allylic oxidation sites excluding steroid dienone is 2. The highest BCUT2D eigenvalue weighted by molar-refractivity contribution is 5.97. The Morgan fingerprint density at radius 1 is 1.64 bits per heavy atom. The standard InChI is InChI=1S/C11H16O3/c1-8-6-9(10(12)7-8)4-3-5-11(13)14-2/h6,8H,3-5,7H2,1-2H3. The van der Waals surface area contributed by atoms with Gasteiger partial charge in [0.1, 0.15) is 0 Å². The lowest BCUT2D eigenvalue weighted by Gasteiger charge is -1.99. The van der Waals surface area contributed by atoms with Crippen molar-refractivity contribution in [2.24, 2.45) is 5.92 Å². The van der Waals surface area contributed by atoms with E-state index in [-0.39, 0.29) is 11.8 Å². The Labute approximate surface area is 84.1 Å². The molecule has 3 heteroatoms. The first-order chi connectivity index (χ1) is 6.63. The highest BCUT2D eigenvalue weighted by atomic mass is 16.5. The number of Topliss-reactive ketones (excluding diaryl/α,β-unsaturated/α-hetero) is 1. The molecule has 78 valence electrons. The minimum Gasteiger partial charge on any atom is -0.469 e. The first kappa shape index (κ1) is 11.0. The Bertz CT molecular complexity index is 266. The van der Waals surface area contributed by atoms with Crippen molar-refractivity contribution in [3.63, 3.8) is 0 Å². The smallest absolute Gasteiger partial charge is 0.305 e. The average Bonchev–Trinajstić information content (AvgIpc) is 2.45. The highest BCUT2D eigenvalue weighted by Crippen LogP contribution is 2.23. The maximum atomic E-state index is 11.3. The van der Waals surface area contributed by atoms with Gasteiger partial charge in [0.05, 0.1) is 7.11 Å². The third kappa shape index (κ3) is 2.98. The Hall–Kier alpha value is -1.12. The van der Waals surface area contributed by atoms with Crippen LogP contribution in [0, 0.1) is 5.92 Å². The number of carbonyl (C=O) groups is 2. The third-order valence-corrected chi connectivity index (χ3v) is 2.41. The molecule has 1 atom stereocenters. The van der Waals surface area contributed by atoms with Gasteiger partial charge in [-0.25, -0.2) is 0 Å². The summed E-state index contributed by atoms with van der Waals surface area (Å²) in [5.41, 5.74) is 0.890. The quantitative estimate of drug-likeness (QED) is 0.644. The SMILES string of the molecule is COC(=O)CCCC1=CC(C)CC1=O. The lowest BCUT2D eigenvalue weighted by atomic mass is 10.1. The lowest BCUT2D eigenvalue weighted by Crippen LogP contribution is -2.01. The molecule has 1 unspecified atom stereocenters. The van der Waals surface area contributed by atoms with Gasteiger partial charge in [-0.3, -0.25) is 9.59 Å². The van der Waals surface area contributed by atoms with Crippen LogP contribution in [0.2, 0.25) is 0 Å². The zero-order chi connectivity index (χ0) is 10.6. The zero-order valence-electron chi connectivity index (χ0n) is 8.71. The van der Waals surface area contributed by atoms with Gasteiger partial charge >= 0.3 is 5.97 Å². The second-order valence-electron chi connectivity index (χ2n) is 3.73. The molecular formula is C11H16O3. The van der Waals surface area contributed by atoms with Gasteiger partial charge in [-0.15, -0.1) is 0 Å². The van der Waals surface area contributed by atoms with E-state index in [4.69, 9.17) is 0 Å². The Balaban J connectivity index is 2.28. The van der Waals surface area contributed by atoms with Crippen LogP contribution in [-0.2, 0) is 14.3 Å². The van der Waals surface area contributed by atoms with Crippen molar-refractivity contribution in [2.45, 2.75) is 32.6 Å². The van der Waals surface area contributed by atoms with Gasteiger partial charge in [0, 0.05) is 12.8 Å². The fourth-order valence-electron chi connectivity index (χ4n) is 1.67. The molecule has 0 amide bonds. The van der Waals surface area contributed by atoms with Gasteiger partial charge in [0.25, 0.3) is 0 Å². The molecule has 3 nitrogen and oxygen atoms in total. The molecule has 0 spiro atoms. The fourth-order valence-corrected chi connectivity index (χ4v) is 1.67. The molecule has 0 aromatic rings. The van der Waals surface area contributed by atoms with E-state index in [0.717, 1.165) is 5.57 Å². The van der Waals surface area contributed by atoms with Gasteiger partial charge in [-0.1, -0.05) is 13.0 Å². The zero-order valence-corrected chi connectivity index (χ0v) is 8.71. The molecule has 0 fully saturated rings. The van der Waals surface area contributed by atoms with Gasteiger partial charge in [0.15, 0.2) is 5.78 Å². The van der Waals surface area contributed by atoms with E-state index < -0.39 is 0 Å². The normalized spacial score (nSPS) is 20.9. The maximum Gasteiger partial charge on any atom is 0.305 e. The van der Waals surface area contributed by atoms with Crippen molar-refractivity contribution in [3.8, 4) is 0 Å². The van der Waals surface area contributed by atoms with Crippen LogP contribution in [0.5, 0.6) is 0 Å². The van der Waals surface area contributed by atoms with Crippen LogP contribution in [0.3, 0.4) is 0 Å². The van der Waals surface area contributed by atoms with Crippen LogP contribution in [0.15, 0.2) is 11.6 Å². The number of rotatable bonds is 4. The maximum absolute atomic E-state index is 11.3. The van der Waals surface area contributed by atoms with E-state index >= 15 is 0 Å². The number of esters is 1. The molecular weight excluding hydrogens is 180 g/mol. The predicted molar refractivity (Wildman–Crippen MR) is 52.7 cm³/mol. The van der Waals surface area contributed by atoms with Crippen molar-refractivity contribution in [3.05, 3.63) is 11.6 Å². The summed E-state index contributed by atoms with van der Waals surface area (Å²) in [6, 6.07) is 0. The van der Waals surface area contributed by atoms with Crippen LogP contribution < -0.4 is 0 Å². The summed E-state index contributed by atoms with van der Waals surface area (Å²) in [6.07, 6.45) is 4.46. The van der Waals surface area contributed by atoms with Crippen molar-refractivity contribution >= 4 is 11.8 Å². The molecule has 14 heavy (non-hydrogen) atoms. The summed E-state index contributed by atoms with van der Waals surface area (Å²) in [7, 11) is 1.38. The molecule has 0 bridgehead atoms. The number of ketones is 1. The van der Waals surface area contributed by atoms with Crippen molar-refractivity contribution in [1.29, 1.82) is 0 Å². The van der Waals surface area contributed by atoms with E-state index in [1.165, 1.54) is 7.11 Å². The fraction of sp³-hybridized carbons (Fsp3) is 0.636. The molecule has 0 aromatic carbocycles. The Morgan fingerprint density at radius 2 is 2.36 bits per heavy atom. The van der Waals surface area contributed by atoms with Crippen LogP contribution in [0.25, 0.3) is 0 Å². The number of ether oxygens (including phenoxy) is 1. The largest absolute Gasteiger partial charge is 0.469 e. The van der Waals surface area contributed by atoms with Crippen LogP contribution in [0.1, 0.15) is 32.6 Å². The van der Waals surface area contributed by atoms with Crippen molar-refractivity contribution in [2.75, 3.05) is 7.11 Å². The first-order valence-corrected chi connectivity index (χ1v) is 4.94. The lowest BCUT2D eigenvalue weighted by molar-refractivity contribution is -0.140. The average molecular weight is 196 g/mol. The molecule has 0 aromatic heterocycles. The van der Waals surface area contributed by atoms with Crippen LogP contribution in [0.4, 0.5) is 0 Å². The molecule has 0 saturated heterocycles. The van der Waals surface area contributed by atoms with Gasteiger partial charge < -0.3 is 4.74 Å². The monoisotopic (exact) mass is 196 g/mol. The molecule has 0 aliphatic heterocycles. The highest BCUT2D eigenvalue weighted by Gasteiger charge is 2.20.